The van der Waals surface area contributed by atoms with Crippen LogP contribution in [0.3, 0.4) is 0 Å². The zero-order valence-electron chi connectivity index (χ0n) is 13.7. The first-order chi connectivity index (χ1) is 12.6. The van der Waals surface area contributed by atoms with Crippen molar-refractivity contribution in [2.75, 3.05) is 5.43 Å². The normalized spacial score (nSPS) is 14.6. The molecule has 26 heavy (non-hydrogen) atoms. The monoisotopic (exact) mass is 495 g/mol. The van der Waals surface area contributed by atoms with E-state index < -0.39 is 5.63 Å². The van der Waals surface area contributed by atoms with Crippen molar-refractivity contribution in [3.8, 4) is 11.3 Å². The summed E-state index contributed by atoms with van der Waals surface area (Å²) in [6.45, 7) is 0. The lowest BCUT2D eigenvalue weighted by Crippen LogP contribution is -2.07. The summed E-state index contributed by atoms with van der Waals surface area (Å²) in [6.07, 6.45) is 5.77. The number of rotatable bonds is 3. The number of nitrogens with one attached hydrogen (secondary N) is 1. The molecule has 1 aliphatic rings. The van der Waals surface area contributed by atoms with Crippen LogP contribution in [-0.4, -0.2) is 10.7 Å². The summed E-state index contributed by atoms with van der Waals surface area (Å²) in [4.78, 5) is 16.9. The quantitative estimate of drug-likeness (QED) is 0.347. The number of thiazole rings is 1. The minimum Gasteiger partial charge on any atom is -0.421 e. The van der Waals surface area contributed by atoms with E-state index in [1.54, 1.807) is 0 Å². The lowest BCUT2D eigenvalue weighted by molar-refractivity contribution is 0.561. The van der Waals surface area contributed by atoms with Crippen LogP contribution < -0.4 is 11.1 Å². The largest absolute Gasteiger partial charge is 0.421 e. The second-order valence-electron chi connectivity index (χ2n) is 6.14. The molecule has 1 aromatic carbocycles. The molecular formula is C18H15Br2N3O2S. The average molecular weight is 497 g/mol. The van der Waals surface area contributed by atoms with Gasteiger partial charge in [-0.25, -0.2) is 9.78 Å². The Labute approximate surface area is 170 Å². The average Bonchev–Trinajstić information content (AvgIpc) is 3.10. The van der Waals surface area contributed by atoms with Crippen LogP contribution in [0.2, 0.25) is 0 Å². The van der Waals surface area contributed by atoms with Gasteiger partial charge in [0.05, 0.1) is 15.7 Å². The van der Waals surface area contributed by atoms with Gasteiger partial charge in [0.15, 0.2) is 5.58 Å². The molecule has 134 valence electrons. The Hall–Kier alpha value is -1.51. The molecule has 0 amide bonds. The van der Waals surface area contributed by atoms with E-state index in [4.69, 9.17) is 4.42 Å². The molecule has 0 bridgehead atoms. The Kier molecular flexibility index (Phi) is 5.24. The molecule has 1 saturated carbocycles. The number of fused-ring (bicyclic) bond motifs is 1. The minimum atomic E-state index is -0.407. The van der Waals surface area contributed by atoms with Gasteiger partial charge in [-0.2, -0.15) is 5.10 Å². The highest BCUT2D eigenvalue weighted by molar-refractivity contribution is 9.11. The van der Waals surface area contributed by atoms with Crippen LogP contribution in [0, 0.1) is 0 Å². The summed E-state index contributed by atoms with van der Waals surface area (Å²) in [7, 11) is 0. The second kappa shape index (κ2) is 7.62. The molecule has 2 heterocycles. The Balaban J connectivity index is 1.64. The van der Waals surface area contributed by atoms with Crippen molar-refractivity contribution in [1.29, 1.82) is 0 Å². The van der Waals surface area contributed by atoms with Gasteiger partial charge in [0.2, 0.25) is 5.13 Å². The highest BCUT2D eigenvalue weighted by atomic mass is 79.9. The first-order valence-corrected chi connectivity index (χ1v) is 10.8. The van der Waals surface area contributed by atoms with Crippen LogP contribution in [0.4, 0.5) is 5.13 Å². The van der Waals surface area contributed by atoms with Crippen molar-refractivity contribution in [3.63, 3.8) is 0 Å². The lowest BCUT2D eigenvalue weighted by Gasteiger charge is -2.11. The van der Waals surface area contributed by atoms with Gasteiger partial charge < -0.3 is 4.42 Å². The molecule has 0 radical (unpaired) electrons. The molecule has 4 rings (SSSR count). The summed E-state index contributed by atoms with van der Waals surface area (Å²) in [5, 5.41) is 7.80. The lowest BCUT2D eigenvalue weighted by atomic mass is 9.99. The second-order valence-corrected chi connectivity index (χ2v) is 8.77. The summed E-state index contributed by atoms with van der Waals surface area (Å²) in [5.74, 6) is 0. The molecule has 0 unspecified atom stereocenters. The van der Waals surface area contributed by atoms with E-state index in [0.29, 0.717) is 22.0 Å². The van der Waals surface area contributed by atoms with E-state index in [9.17, 15) is 4.79 Å². The van der Waals surface area contributed by atoms with Crippen LogP contribution in [0.15, 0.2) is 46.8 Å². The van der Waals surface area contributed by atoms with Crippen molar-refractivity contribution < 1.29 is 4.42 Å². The third kappa shape index (κ3) is 3.77. The third-order valence-electron chi connectivity index (χ3n) is 4.27. The van der Waals surface area contributed by atoms with E-state index in [1.807, 2.05) is 23.6 Å². The third-order valence-corrected chi connectivity index (χ3v) is 6.07. The first-order valence-electron chi connectivity index (χ1n) is 8.30. The number of hydrogen-bond acceptors (Lipinski definition) is 6. The summed E-state index contributed by atoms with van der Waals surface area (Å²) in [6, 6.07) is 5.57. The molecule has 1 aliphatic carbocycles. The van der Waals surface area contributed by atoms with Crippen molar-refractivity contribution in [2.45, 2.75) is 32.1 Å². The molecular weight excluding hydrogens is 482 g/mol. The maximum absolute atomic E-state index is 12.4. The van der Waals surface area contributed by atoms with Crippen LogP contribution >= 0.6 is 43.2 Å². The Morgan fingerprint density at radius 3 is 2.77 bits per heavy atom. The number of aromatic nitrogens is 1. The van der Waals surface area contributed by atoms with Gasteiger partial charge >= 0.3 is 5.63 Å². The highest BCUT2D eigenvalue weighted by Crippen LogP contribution is 2.31. The highest BCUT2D eigenvalue weighted by Gasteiger charge is 2.14. The van der Waals surface area contributed by atoms with Crippen LogP contribution in [0.25, 0.3) is 22.2 Å². The predicted molar refractivity (Wildman–Crippen MR) is 113 cm³/mol. The topological polar surface area (TPSA) is 67.5 Å². The standard InChI is InChI=1S/C18H15Br2N3O2S/c19-11-6-10-7-13(17(24)25-16(10)14(20)8-11)15-9-26-18(21-15)23-22-12-4-2-1-3-5-12/h6-9H,1-5H2,(H,21,23). The zero-order valence-corrected chi connectivity index (χ0v) is 17.7. The fraction of sp³-hybridized carbons (Fsp3) is 0.278. The van der Waals surface area contributed by atoms with Gasteiger partial charge in [-0.1, -0.05) is 22.4 Å². The van der Waals surface area contributed by atoms with Crippen LogP contribution in [0.1, 0.15) is 32.1 Å². The van der Waals surface area contributed by atoms with Gasteiger partial charge in [0, 0.05) is 21.0 Å². The molecule has 3 aromatic rings. The van der Waals surface area contributed by atoms with Gasteiger partial charge in [-0.05, 0) is 59.8 Å². The molecule has 0 atom stereocenters. The number of hydrogen-bond donors (Lipinski definition) is 1. The molecule has 0 spiro atoms. The molecule has 0 aliphatic heterocycles. The van der Waals surface area contributed by atoms with Crippen LogP contribution in [-0.2, 0) is 0 Å². The number of nitrogens with zero attached hydrogens (tertiary/aromatic N) is 2. The van der Waals surface area contributed by atoms with E-state index in [1.165, 1.54) is 36.3 Å². The Morgan fingerprint density at radius 1 is 1.15 bits per heavy atom. The number of benzene rings is 1. The van der Waals surface area contributed by atoms with Crippen molar-refractivity contribution >= 4 is 65.0 Å². The smallest absolute Gasteiger partial charge is 0.345 e. The van der Waals surface area contributed by atoms with Gasteiger partial charge in [-0.15, -0.1) is 11.3 Å². The van der Waals surface area contributed by atoms with Crippen molar-refractivity contribution in [1.82, 2.24) is 4.98 Å². The Morgan fingerprint density at radius 2 is 1.96 bits per heavy atom. The Bertz CT molecular complexity index is 1050. The summed E-state index contributed by atoms with van der Waals surface area (Å²) >= 11 is 8.31. The van der Waals surface area contributed by atoms with E-state index in [0.717, 1.165) is 27.2 Å². The fourth-order valence-electron chi connectivity index (χ4n) is 2.98. The molecule has 1 fully saturated rings. The van der Waals surface area contributed by atoms with Crippen LogP contribution in [0.5, 0.6) is 0 Å². The summed E-state index contributed by atoms with van der Waals surface area (Å²) in [5.41, 5.74) is 5.37. The van der Waals surface area contributed by atoms with Gasteiger partial charge in [-0.3, -0.25) is 5.43 Å². The van der Waals surface area contributed by atoms with Crippen molar-refractivity contribution in [3.05, 3.63) is 42.9 Å². The number of anilines is 1. The number of halogens is 2. The fourth-order valence-corrected chi connectivity index (χ4v) is 4.97. The van der Waals surface area contributed by atoms with E-state index in [-0.39, 0.29) is 0 Å². The molecule has 2 aromatic heterocycles. The van der Waals surface area contributed by atoms with Crippen molar-refractivity contribution in [2.24, 2.45) is 5.10 Å². The first kappa shape index (κ1) is 17.9. The minimum absolute atomic E-state index is 0.407. The van der Waals surface area contributed by atoms with Gasteiger partial charge in [0.1, 0.15) is 0 Å². The zero-order chi connectivity index (χ0) is 18.1. The maximum Gasteiger partial charge on any atom is 0.345 e. The predicted octanol–water partition coefficient (Wildman–Crippen LogP) is 6.17. The maximum atomic E-state index is 12.4. The molecule has 0 saturated heterocycles. The molecule has 1 N–H and O–H groups in total. The van der Waals surface area contributed by atoms with E-state index in [2.05, 4.69) is 47.4 Å². The molecule has 5 nitrogen and oxygen atoms in total. The molecule has 8 heteroatoms. The SMILES string of the molecule is O=c1oc2c(Br)cc(Br)cc2cc1-c1csc(NN=C2CCCCC2)n1. The summed E-state index contributed by atoms with van der Waals surface area (Å²) < 4.78 is 7.13. The van der Waals surface area contributed by atoms with Gasteiger partial charge in [0.25, 0.3) is 0 Å². The van der Waals surface area contributed by atoms with E-state index >= 15 is 0 Å². The number of hydrazone groups is 1.